The third kappa shape index (κ3) is 2.44. The van der Waals surface area contributed by atoms with Crippen molar-refractivity contribution < 1.29 is 0 Å². The molecule has 0 bridgehead atoms. The van der Waals surface area contributed by atoms with Gasteiger partial charge in [0, 0.05) is 3.57 Å². The van der Waals surface area contributed by atoms with Crippen molar-refractivity contribution in [3.8, 4) is 6.07 Å². The Labute approximate surface area is 92.9 Å². The third-order valence-electron chi connectivity index (χ3n) is 1.91. The zero-order chi connectivity index (χ0) is 10.1. The summed E-state index contributed by atoms with van der Waals surface area (Å²) in [5.74, 6) is 0. The highest BCUT2D eigenvalue weighted by Gasteiger charge is 2.17. The van der Waals surface area contributed by atoms with Gasteiger partial charge >= 0.3 is 0 Å². The van der Waals surface area contributed by atoms with Crippen LogP contribution in [0.25, 0.3) is 0 Å². The fourth-order valence-corrected chi connectivity index (χ4v) is 1.75. The van der Waals surface area contributed by atoms with E-state index in [-0.39, 0.29) is 5.41 Å². The maximum atomic E-state index is 8.95. The molecule has 0 atom stereocenters. The van der Waals surface area contributed by atoms with Crippen LogP contribution in [-0.4, -0.2) is 0 Å². The molecule has 0 saturated heterocycles. The Morgan fingerprint density at radius 1 is 1.31 bits per heavy atom. The fraction of sp³-hybridized carbons (Fsp3) is 0.364. The Morgan fingerprint density at radius 2 is 1.92 bits per heavy atom. The molecule has 0 N–H and O–H groups in total. The molecule has 2 heteroatoms. The van der Waals surface area contributed by atoms with Crippen LogP contribution in [0.1, 0.15) is 31.9 Å². The van der Waals surface area contributed by atoms with Crippen molar-refractivity contribution in [3.63, 3.8) is 0 Å². The molecule has 0 saturated carbocycles. The lowest BCUT2D eigenvalue weighted by Gasteiger charge is -2.20. The van der Waals surface area contributed by atoms with E-state index >= 15 is 0 Å². The summed E-state index contributed by atoms with van der Waals surface area (Å²) in [6.07, 6.45) is 0. The van der Waals surface area contributed by atoms with Gasteiger partial charge in [-0.1, -0.05) is 26.8 Å². The molecule has 1 nitrogen and oxygen atoms in total. The van der Waals surface area contributed by atoms with Gasteiger partial charge in [0.25, 0.3) is 0 Å². The number of rotatable bonds is 0. The van der Waals surface area contributed by atoms with Gasteiger partial charge < -0.3 is 0 Å². The van der Waals surface area contributed by atoms with Crippen LogP contribution in [-0.2, 0) is 5.41 Å². The molecule has 0 aliphatic rings. The van der Waals surface area contributed by atoms with Crippen LogP contribution in [0.15, 0.2) is 18.2 Å². The van der Waals surface area contributed by atoms with Gasteiger partial charge in [-0.05, 0) is 45.7 Å². The Morgan fingerprint density at radius 3 is 2.38 bits per heavy atom. The van der Waals surface area contributed by atoms with E-state index < -0.39 is 0 Å². The standard InChI is InChI=1S/C11H12IN/c1-11(2,3)10-5-4-9(12)6-8(10)7-13/h4-6H,1-3H3. The van der Waals surface area contributed by atoms with Crippen molar-refractivity contribution >= 4 is 22.6 Å². The Bertz CT molecular complexity index is 355. The van der Waals surface area contributed by atoms with Gasteiger partial charge in [0.2, 0.25) is 0 Å². The number of halogens is 1. The smallest absolute Gasteiger partial charge is 0.0995 e. The molecule has 0 radical (unpaired) electrons. The zero-order valence-corrected chi connectivity index (χ0v) is 10.2. The van der Waals surface area contributed by atoms with Crippen LogP contribution in [0, 0.1) is 14.9 Å². The SMILES string of the molecule is CC(C)(C)c1ccc(I)cc1C#N. The summed E-state index contributed by atoms with van der Waals surface area (Å²) in [5, 5.41) is 8.95. The topological polar surface area (TPSA) is 23.8 Å². The van der Waals surface area contributed by atoms with Crippen molar-refractivity contribution in [1.82, 2.24) is 0 Å². The van der Waals surface area contributed by atoms with E-state index in [2.05, 4.69) is 49.4 Å². The third-order valence-corrected chi connectivity index (χ3v) is 2.58. The molecule has 0 aromatic heterocycles. The summed E-state index contributed by atoms with van der Waals surface area (Å²) in [4.78, 5) is 0. The number of nitrogens with zero attached hydrogens (tertiary/aromatic N) is 1. The fourth-order valence-electron chi connectivity index (χ4n) is 1.26. The van der Waals surface area contributed by atoms with Gasteiger partial charge in [-0.3, -0.25) is 0 Å². The molecular weight excluding hydrogens is 273 g/mol. The Hall–Kier alpha value is -0.560. The molecule has 0 amide bonds. The summed E-state index contributed by atoms with van der Waals surface area (Å²) < 4.78 is 1.11. The van der Waals surface area contributed by atoms with Crippen LogP contribution in [0.2, 0.25) is 0 Å². The van der Waals surface area contributed by atoms with E-state index in [0.717, 1.165) is 14.7 Å². The molecule has 0 heterocycles. The molecule has 0 aliphatic heterocycles. The first kappa shape index (κ1) is 10.5. The minimum absolute atomic E-state index is 0.0510. The van der Waals surface area contributed by atoms with Gasteiger partial charge in [0.05, 0.1) is 11.6 Å². The zero-order valence-electron chi connectivity index (χ0n) is 8.06. The highest BCUT2D eigenvalue weighted by molar-refractivity contribution is 14.1. The molecule has 0 unspecified atom stereocenters. The lowest BCUT2D eigenvalue weighted by molar-refractivity contribution is 0.588. The molecule has 0 spiro atoms. The van der Waals surface area contributed by atoms with Crippen molar-refractivity contribution in [3.05, 3.63) is 32.9 Å². The summed E-state index contributed by atoms with van der Waals surface area (Å²) >= 11 is 2.22. The quantitative estimate of drug-likeness (QED) is 0.670. The highest BCUT2D eigenvalue weighted by Crippen LogP contribution is 2.26. The van der Waals surface area contributed by atoms with Crippen LogP contribution in [0.3, 0.4) is 0 Å². The summed E-state index contributed by atoms with van der Waals surface area (Å²) in [6.45, 7) is 6.36. The minimum atomic E-state index is 0.0510. The second-order valence-corrected chi connectivity index (χ2v) is 5.30. The average Bonchev–Trinajstić information content (AvgIpc) is 2.01. The van der Waals surface area contributed by atoms with Gasteiger partial charge in [-0.15, -0.1) is 0 Å². The lowest BCUT2D eigenvalue weighted by atomic mass is 9.84. The molecule has 0 fully saturated rings. The molecular formula is C11H12IN. The van der Waals surface area contributed by atoms with E-state index in [9.17, 15) is 0 Å². The molecule has 1 aromatic carbocycles. The maximum Gasteiger partial charge on any atom is 0.0995 e. The first-order valence-corrected chi connectivity index (χ1v) is 5.23. The molecule has 13 heavy (non-hydrogen) atoms. The summed E-state index contributed by atoms with van der Waals surface area (Å²) in [6, 6.07) is 8.26. The van der Waals surface area contributed by atoms with E-state index in [1.165, 1.54) is 0 Å². The maximum absolute atomic E-state index is 8.95. The molecule has 1 aromatic rings. The van der Waals surface area contributed by atoms with Crippen LogP contribution >= 0.6 is 22.6 Å². The predicted molar refractivity (Wildman–Crippen MR) is 62.6 cm³/mol. The van der Waals surface area contributed by atoms with Crippen molar-refractivity contribution in [2.45, 2.75) is 26.2 Å². The van der Waals surface area contributed by atoms with Gasteiger partial charge in [0.15, 0.2) is 0 Å². The second-order valence-electron chi connectivity index (χ2n) is 4.05. The van der Waals surface area contributed by atoms with E-state index in [1.54, 1.807) is 0 Å². The summed E-state index contributed by atoms with van der Waals surface area (Å²) in [7, 11) is 0. The van der Waals surface area contributed by atoms with Crippen LogP contribution in [0.4, 0.5) is 0 Å². The monoisotopic (exact) mass is 285 g/mol. The number of benzene rings is 1. The highest BCUT2D eigenvalue weighted by atomic mass is 127. The number of hydrogen-bond donors (Lipinski definition) is 0. The predicted octanol–water partition coefficient (Wildman–Crippen LogP) is 3.46. The van der Waals surface area contributed by atoms with Gasteiger partial charge in [0.1, 0.15) is 0 Å². The molecule has 0 aliphatic carbocycles. The van der Waals surface area contributed by atoms with Crippen molar-refractivity contribution in [2.75, 3.05) is 0 Å². The first-order valence-electron chi connectivity index (χ1n) is 4.15. The van der Waals surface area contributed by atoms with Crippen LogP contribution in [0.5, 0.6) is 0 Å². The Kier molecular flexibility index (Phi) is 2.97. The van der Waals surface area contributed by atoms with E-state index in [1.807, 2.05) is 18.2 Å². The van der Waals surface area contributed by atoms with Crippen LogP contribution < -0.4 is 0 Å². The Balaban J connectivity index is 3.32. The average molecular weight is 285 g/mol. The first-order chi connectivity index (χ1) is 5.95. The molecule has 1 rings (SSSR count). The summed E-state index contributed by atoms with van der Waals surface area (Å²) in [5.41, 5.74) is 1.96. The van der Waals surface area contributed by atoms with Crippen molar-refractivity contribution in [2.24, 2.45) is 0 Å². The second kappa shape index (κ2) is 3.67. The number of nitriles is 1. The van der Waals surface area contributed by atoms with Crippen molar-refractivity contribution in [1.29, 1.82) is 5.26 Å². The normalized spacial score (nSPS) is 11.0. The van der Waals surface area contributed by atoms with E-state index in [4.69, 9.17) is 5.26 Å². The molecule has 68 valence electrons. The largest absolute Gasteiger partial charge is 0.192 e. The lowest BCUT2D eigenvalue weighted by Crippen LogP contribution is -2.13. The minimum Gasteiger partial charge on any atom is -0.192 e. The van der Waals surface area contributed by atoms with E-state index in [0.29, 0.717) is 0 Å². The van der Waals surface area contributed by atoms with Gasteiger partial charge in [-0.25, -0.2) is 0 Å². The van der Waals surface area contributed by atoms with Gasteiger partial charge in [-0.2, -0.15) is 5.26 Å². The number of hydrogen-bond acceptors (Lipinski definition) is 1.